The van der Waals surface area contributed by atoms with Gasteiger partial charge in [-0.1, -0.05) is 6.07 Å². The summed E-state index contributed by atoms with van der Waals surface area (Å²) in [5.74, 6) is -0.241. The highest BCUT2D eigenvalue weighted by Gasteiger charge is 2.24. The van der Waals surface area contributed by atoms with Crippen LogP contribution in [0.1, 0.15) is 32.3 Å². The van der Waals surface area contributed by atoms with Crippen LogP contribution in [0.15, 0.2) is 24.3 Å². The van der Waals surface area contributed by atoms with Gasteiger partial charge in [0, 0.05) is 12.1 Å². The average molecular weight is 376 g/mol. The molecule has 0 spiro atoms. The predicted molar refractivity (Wildman–Crippen MR) is 98.4 cm³/mol. The van der Waals surface area contributed by atoms with E-state index < -0.39 is 24.5 Å². The Morgan fingerprint density at radius 1 is 1.22 bits per heavy atom. The smallest absolute Gasteiger partial charge is 0.331 e. The van der Waals surface area contributed by atoms with E-state index >= 15 is 0 Å². The van der Waals surface area contributed by atoms with Crippen molar-refractivity contribution in [2.24, 2.45) is 0 Å². The second-order valence-electron chi connectivity index (χ2n) is 6.31. The molecule has 8 nitrogen and oxygen atoms in total. The molecule has 0 unspecified atom stereocenters. The fourth-order valence-corrected chi connectivity index (χ4v) is 2.10. The van der Waals surface area contributed by atoms with E-state index in [1.54, 1.807) is 18.2 Å². The summed E-state index contributed by atoms with van der Waals surface area (Å²) in [6.45, 7) is 3.29. The van der Waals surface area contributed by atoms with Gasteiger partial charge < -0.3 is 19.5 Å². The molecule has 1 aromatic carbocycles. The lowest BCUT2D eigenvalue weighted by Gasteiger charge is -2.13. The number of esters is 1. The molecular formula is C19H24N2O6. The van der Waals surface area contributed by atoms with Gasteiger partial charge >= 0.3 is 12.0 Å². The van der Waals surface area contributed by atoms with E-state index in [9.17, 15) is 14.4 Å². The van der Waals surface area contributed by atoms with E-state index in [2.05, 4.69) is 10.6 Å². The quantitative estimate of drug-likeness (QED) is 0.532. The zero-order chi connectivity index (χ0) is 19.8. The fraction of sp³-hybridized carbons (Fsp3) is 0.421. The maximum absolute atomic E-state index is 11.7. The Balaban J connectivity index is 1.81. The maximum atomic E-state index is 11.7. The molecule has 2 rings (SSSR count). The summed E-state index contributed by atoms with van der Waals surface area (Å²) >= 11 is 0. The number of imide groups is 1. The molecule has 0 bridgehead atoms. The van der Waals surface area contributed by atoms with Gasteiger partial charge in [0.25, 0.3) is 5.91 Å². The van der Waals surface area contributed by atoms with Gasteiger partial charge in [0.1, 0.15) is 0 Å². The number of methoxy groups -OCH3 is 1. The molecule has 8 heteroatoms. The van der Waals surface area contributed by atoms with Gasteiger partial charge in [0.15, 0.2) is 18.1 Å². The molecule has 0 heterocycles. The van der Waals surface area contributed by atoms with Gasteiger partial charge in [-0.15, -0.1) is 0 Å². The van der Waals surface area contributed by atoms with Crippen molar-refractivity contribution in [3.63, 3.8) is 0 Å². The van der Waals surface area contributed by atoms with Gasteiger partial charge in [0.2, 0.25) is 0 Å². The highest BCUT2D eigenvalue weighted by atomic mass is 16.5. The van der Waals surface area contributed by atoms with Crippen LogP contribution in [-0.4, -0.2) is 43.8 Å². The molecule has 1 saturated carbocycles. The Morgan fingerprint density at radius 2 is 1.96 bits per heavy atom. The second-order valence-corrected chi connectivity index (χ2v) is 6.31. The highest BCUT2D eigenvalue weighted by molar-refractivity contribution is 5.96. The number of nitrogens with one attached hydrogen (secondary N) is 2. The Hall–Kier alpha value is -3.03. The number of ether oxygens (including phenoxy) is 3. The van der Waals surface area contributed by atoms with Gasteiger partial charge in [-0.25, -0.2) is 9.59 Å². The van der Waals surface area contributed by atoms with Crippen LogP contribution >= 0.6 is 0 Å². The first kappa shape index (κ1) is 20.3. The third kappa shape index (κ3) is 7.39. The Bertz CT molecular complexity index is 725. The molecule has 1 fully saturated rings. The van der Waals surface area contributed by atoms with Gasteiger partial charge in [0.05, 0.1) is 13.2 Å². The van der Waals surface area contributed by atoms with Gasteiger partial charge in [-0.3, -0.25) is 10.1 Å². The summed E-state index contributed by atoms with van der Waals surface area (Å²) in [5, 5.41) is 4.70. The number of carbonyl (C=O) groups excluding carboxylic acids is 3. The standard InChI is InChI=1S/C19H24N2O6/c1-12(2)27-15-8-4-13(10-16(15)25-3)5-9-18(23)26-11-17(22)21-19(24)20-14-6-7-14/h4-5,8-10,12,14H,6-7,11H2,1-3H3,(H2,20,21,22,24)/b9-5+. The number of benzene rings is 1. The van der Waals surface area contributed by atoms with Crippen LogP contribution in [0.4, 0.5) is 4.79 Å². The van der Waals surface area contributed by atoms with Crippen molar-refractivity contribution < 1.29 is 28.6 Å². The van der Waals surface area contributed by atoms with E-state index in [4.69, 9.17) is 14.2 Å². The molecule has 0 radical (unpaired) electrons. The lowest BCUT2D eigenvalue weighted by atomic mass is 10.2. The molecule has 27 heavy (non-hydrogen) atoms. The third-order valence-electron chi connectivity index (χ3n) is 3.47. The van der Waals surface area contributed by atoms with Crippen molar-refractivity contribution in [2.75, 3.05) is 13.7 Å². The number of hydrogen-bond donors (Lipinski definition) is 2. The second kappa shape index (κ2) is 9.61. The van der Waals surface area contributed by atoms with E-state index in [0.29, 0.717) is 17.1 Å². The molecule has 0 atom stereocenters. The number of urea groups is 1. The minimum absolute atomic E-state index is 0.00720. The fourth-order valence-electron chi connectivity index (χ4n) is 2.10. The molecule has 3 amide bonds. The van der Waals surface area contributed by atoms with Crippen molar-refractivity contribution in [3.05, 3.63) is 29.8 Å². The minimum Gasteiger partial charge on any atom is -0.493 e. The van der Waals surface area contributed by atoms with Crippen LogP contribution in [0, 0.1) is 0 Å². The van der Waals surface area contributed by atoms with Gasteiger partial charge in [-0.2, -0.15) is 0 Å². The van der Waals surface area contributed by atoms with E-state index in [-0.39, 0.29) is 12.1 Å². The first-order chi connectivity index (χ1) is 12.9. The van der Waals surface area contributed by atoms with Gasteiger partial charge in [-0.05, 0) is 50.5 Å². The minimum atomic E-state index is -0.700. The van der Waals surface area contributed by atoms with Crippen molar-refractivity contribution in [3.8, 4) is 11.5 Å². The van der Waals surface area contributed by atoms with Crippen LogP contribution in [0.2, 0.25) is 0 Å². The SMILES string of the molecule is COc1cc(/C=C/C(=O)OCC(=O)NC(=O)NC2CC2)ccc1OC(C)C. The summed E-state index contributed by atoms with van der Waals surface area (Å²) in [5.41, 5.74) is 0.702. The molecule has 146 valence electrons. The first-order valence-electron chi connectivity index (χ1n) is 8.67. The molecule has 1 aliphatic carbocycles. The van der Waals surface area contributed by atoms with Crippen molar-refractivity contribution in [1.29, 1.82) is 0 Å². The van der Waals surface area contributed by atoms with Crippen LogP contribution < -0.4 is 20.1 Å². The number of carbonyl (C=O) groups is 3. The Labute approximate surface area is 157 Å². The number of rotatable bonds is 8. The van der Waals surface area contributed by atoms with E-state index in [1.165, 1.54) is 19.3 Å². The van der Waals surface area contributed by atoms with Crippen LogP contribution in [-0.2, 0) is 14.3 Å². The van der Waals surface area contributed by atoms with E-state index in [1.807, 2.05) is 13.8 Å². The first-order valence-corrected chi connectivity index (χ1v) is 8.67. The molecule has 0 aromatic heterocycles. The third-order valence-corrected chi connectivity index (χ3v) is 3.47. The Kier molecular flexibility index (Phi) is 7.22. The zero-order valence-electron chi connectivity index (χ0n) is 15.6. The predicted octanol–water partition coefficient (Wildman–Crippen LogP) is 2.03. The molecule has 0 saturated heterocycles. The molecular weight excluding hydrogens is 352 g/mol. The topological polar surface area (TPSA) is 103 Å². The molecule has 2 N–H and O–H groups in total. The van der Waals surface area contributed by atoms with Crippen molar-refractivity contribution >= 4 is 24.0 Å². The number of hydrogen-bond acceptors (Lipinski definition) is 6. The highest BCUT2D eigenvalue weighted by Crippen LogP contribution is 2.29. The van der Waals surface area contributed by atoms with Crippen molar-refractivity contribution in [1.82, 2.24) is 10.6 Å². The normalized spacial score (nSPS) is 13.3. The zero-order valence-corrected chi connectivity index (χ0v) is 15.6. The molecule has 1 aliphatic rings. The molecule has 0 aliphatic heterocycles. The van der Waals surface area contributed by atoms with Crippen LogP contribution in [0.25, 0.3) is 6.08 Å². The number of amides is 3. The van der Waals surface area contributed by atoms with Crippen molar-refractivity contribution in [2.45, 2.75) is 38.8 Å². The van der Waals surface area contributed by atoms with Crippen LogP contribution in [0.3, 0.4) is 0 Å². The lowest BCUT2D eigenvalue weighted by Crippen LogP contribution is -2.42. The summed E-state index contributed by atoms with van der Waals surface area (Å²) in [6, 6.07) is 4.79. The molecule has 1 aromatic rings. The summed E-state index contributed by atoms with van der Waals surface area (Å²) in [6.07, 6.45) is 4.55. The maximum Gasteiger partial charge on any atom is 0.331 e. The lowest BCUT2D eigenvalue weighted by molar-refractivity contribution is -0.143. The summed E-state index contributed by atoms with van der Waals surface area (Å²) < 4.78 is 15.7. The monoisotopic (exact) mass is 376 g/mol. The summed E-state index contributed by atoms with van der Waals surface area (Å²) in [4.78, 5) is 34.6. The largest absolute Gasteiger partial charge is 0.493 e. The average Bonchev–Trinajstić information content (AvgIpc) is 3.42. The Morgan fingerprint density at radius 3 is 2.59 bits per heavy atom. The summed E-state index contributed by atoms with van der Waals surface area (Å²) in [7, 11) is 1.53. The van der Waals surface area contributed by atoms with Crippen LogP contribution in [0.5, 0.6) is 11.5 Å². The van der Waals surface area contributed by atoms with E-state index in [0.717, 1.165) is 12.8 Å².